The third-order valence-electron chi connectivity index (χ3n) is 3.60. The second kappa shape index (κ2) is 8.68. The van der Waals surface area contributed by atoms with Gasteiger partial charge in [-0.15, -0.1) is 13.2 Å². The molecule has 0 saturated carbocycles. The van der Waals surface area contributed by atoms with Gasteiger partial charge < -0.3 is 14.8 Å². The van der Waals surface area contributed by atoms with Crippen LogP contribution in [0.5, 0.6) is 17.2 Å². The smallest absolute Gasteiger partial charge is 0.456 e. The maximum atomic E-state index is 12.7. The maximum absolute atomic E-state index is 12.7. The second-order valence-corrected chi connectivity index (χ2v) is 6.62. The van der Waals surface area contributed by atoms with E-state index in [2.05, 4.69) is 10.1 Å². The Morgan fingerprint density at radius 2 is 1.67 bits per heavy atom. The molecule has 3 rings (SSSR count). The first-order chi connectivity index (χ1) is 14.1. The third kappa shape index (κ3) is 5.68. The third-order valence-corrected chi connectivity index (χ3v) is 4.32. The van der Waals surface area contributed by atoms with E-state index in [4.69, 9.17) is 27.9 Å². The van der Waals surface area contributed by atoms with Gasteiger partial charge in [0.2, 0.25) is 12.4 Å². The lowest BCUT2D eigenvalue weighted by atomic mass is 10.1. The molecule has 6 nitrogen and oxygen atoms in total. The summed E-state index contributed by atoms with van der Waals surface area (Å²) in [5, 5.41) is 12.2. The number of nitrogens with zero attached hydrogens (tertiary/aromatic N) is 1. The van der Waals surface area contributed by atoms with E-state index in [1.807, 2.05) is 0 Å². The number of benzene rings is 2. The van der Waals surface area contributed by atoms with Gasteiger partial charge in [-0.25, -0.2) is 0 Å². The number of rotatable bonds is 5. The zero-order valence-corrected chi connectivity index (χ0v) is 16.3. The first-order valence-corrected chi connectivity index (χ1v) is 8.91. The Morgan fingerprint density at radius 3 is 2.30 bits per heavy atom. The number of aromatic nitrogens is 1. The Labute approximate surface area is 177 Å². The summed E-state index contributed by atoms with van der Waals surface area (Å²) in [6, 6.07) is 10.2. The summed E-state index contributed by atoms with van der Waals surface area (Å²) in [4.78, 5) is 12.7. The predicted octanol–water partition coefficient (Wildman–Crippen LogP) is 5.46. The zero-order valence-electron chi connectivity index (χ0n) is 14.8. The van der Waals surface area contributed by atoms with Crippen LogP contribution in [0.1, 0.15) is 10.4 Å². The Morgan fingerprint density at radius 1 is 1.03 bits per heavy atom. The molecular weight excluding hydrogens is 448 g/mol. The lowest BCUT2D eigenvalue weighted by Gasteiger charge is -2.13. The fourth-order valence-electron chi connectivity index (χ4n) is 2.36. The van der Waals surface area contributed by atoms with Crippen molar-refractivity contribution in [2.75, 3.05) is 5.32 Å². The van der Waals surface area contributed by atoms with Crippen molar-refractivity contribution in [2.45, 2.75) is 6.36 Å². The highest BCUT2D eigenvalue weighted by Crippen LogP contribution is 2.35. The summed E-state index contributed by atoms with van der Waals surface area (Å²) >= 11 is 12.0. The molecule has 11 heteroatoms. The van der Waals surface area contributed by atoms with Crippen molar-refractivity contribution >= 4 is 34.8 Å². The molecule has 3 aromatic rings. The number of carbonyl (C=O) groups excluding carboxylic acids is 1. The van der Waals surface area contributed by atoms with Crippen LogP contribution in [-0.4, -0.2) is 17.5 Å². The van der Waals surface area contributed by atoms with Gasteiger partial charge in [-0.1, -0.05) is 23.2 Å². The molecular formula is C19H12Cl2F3N2O4+. The number of ether oxygens (including phenoxy) is 2. The van der Waals surface area contributed by atoms with Crippen LogP contribution in [-0.2, 0) is 0 Å². The molecule has 1 aromatic heterocycles. The van der Waals surface area contributed by atoms with Crippen LogP contribution in [0.2, 0.25) is 10.0 Å². The van der Waals surface area contributed by atoms with E-state index >= 15 is 0 Å². The van der Waals surface area contributed by atoms with Crippen molar-refractivity contribution in [2.24, 2.45) is 0 Å². The monoisotopic (exact) mass is 459 g/mol. The molecule has 0 bridgehead atoms. The van der Waals surface area contributed by atoms with Gasteiger partial charge in [0.25, 0.3) is 5.91 Å². The van der Waals surface area contributed by atoms with E-state index < -0.39 is 18.0 Å². The van der Waals surface area contributed by atoms with Crippen LogP contribution in [0.15, 0.2) is 60.9 Å². The molecule has 0 aliphatic rings. The summed E-state index contributed by atoms with van der Waals surface area (Å²) in [6.45, 7) is 0. The molecule has 0 unspecified atom stereocenters. The van der Waals surface area contributed by atoms with E-state index in [1.54, 1.807) is 6.07 Å². The van der Waals surface area contributed by atoms with Gasteiger partial charge in [-0.2, -0.15) is 0 Å². The number of hydrogen-bond donors (Lipinski definition) is 2. The van der Waals surface area contributed by atoms with Crippen LogP contribution in [0.4, 0.5) is 18.9 Å². The van der Waals surface area contributed by atoms with Crippen LogP contribution in [0.3, 0.4) is 0 Å². The van der Waals surface area contributed by atoms with E-state index in [0.29, 0.717) is 0 Å². The number of anilines is 1. The quantitative estimate of drug-likeness (QED) is 0.392. The van der Waals surface area contributed by atoms with Crippen molar-refractivity contribution in [3.63, 3.8) is 0 Å². The lowest BCUT2D eigenvalue weighted by Crippen LogP contribution is -2.29. The van der Waals surface area contributed by atoms with Crippen molar-refractivity contribution in [1.82, 2.24) is 0 Å². The molecule has 0 aliphatic carbocycles. The molecule has 30 heavy (non-hydrogen) atoms. The second-order valence-electron chi connectivity index (χ2n) is 5.81. The highest BCUT2D eigenvalue weighted by atomic mass is 35.5. The van der Waals surface area contributed by atoms with Crippen LogP contribution < -0.4 is 19.5 Å². The van der Waals surface area contributed by atoms with Crippen LogP contribution in [0, 0.1) is 0 Å². The summed E-state index contributed by atoms with van der Waals surface area (Å²) in [5.74, 6) is -0.904. The van der Waals surface area contributed by atoms with E-state index in [-0.39, 0.29) is 32.8 Å². The van der Waals surface area contributed by atoms with Gasteiger partial charge >= 0.3 is 6.36 Å². The van der Waals surface area contributed by atoms with Crippen molar-refractivity contribution in [3.8, 4) is 17.2 Å². The predicted molar refractivity (Wildman–Crippen MR) is 101 cm³/mol. The Bertz CT molecular complexity index is 1080. The highest BCUT2D eigenvalue weighted by molar-refractivity contribution is 6.42. The highest BCUT2D eigenvalue weighted by Gasteiger charge is 2.31. The Hall–Kier alpha value is -3.17. The molecule has 2 N–H and O–H groups in total. The van der Waals surface area contributed by atoms with E-state index in [1.165, 1.54) is 42.7 Å². The molecule has 156 valence electrons. The number of alkyl halides is 3. The van der Waals surface area contributed by atoms with Gasteiger partial charge in [0.1, 0.15) is 22.9 Å². The molecule has 0 fully saturated rings. The van der Waals surface area contributed by atoms with Crippen molar-refractivity contribution in [1.29, 1.82) is 0 Å². The number of carbonyl (C=O) groups is 1. The van der Waals surface area contributed by atoms with Crippen molar-refractivity contribution < 1.29 is 37.4 Å². The zero-order chi connectivity index (χ0) is 21.9. The van der Waals surface area contributed by atoms with Crippen LogP contribution >= 0.6 is 23.2 Å². The van der Waals surface area contributed by atoms with E-state index in [0.717, 1.165) is 16.9 Å². The lowest BCUT2D eigenvalue weighted by molar-refractivity contribution is -0.904. The minimum atomic E-state index is -4.82. The summed E-state index contributed by atoms with van der Waals surface area (Å²) in [6.07, 6.45) is -2.20. The van der Waals surface area contributed by atoms with Crippen molar-refractivity contribution in [3.05, 3.63) is 76.5 Å². The first kappa shape index (κ1) is 21.5. The normalized spacial score (nSPS) is 11.1. The fraction of sp³-hybridized carbons (Fsp3) is 0.0526. The van der Waals surface area contributed by atoms with Gasteiger partial charge in [0.05, 0.1) is 15.6 Å². The van der Waals surface area contributed by atoms with E-state index in [9.17, 15) is 23.2 Å². The molecule has 0 spiro atoms. The average Bonchev–Trinajstić information content (AvgIpc) is 2.65. The number of nitrogens with one attached hydrogen (secondary N) is 1. The minimum Gasteiger partial charge on any atom is -0.456 e. The summed E-state index contributed by atoms with van der Waals surface area (Å²) < 4.78 is 47.0. The SMILES string of the molecule is O=C(Nc1ccc[n+](O)c1)c1cc(Cl)c(Cl)cc1Oc1ccc(OC(F)(F)F)cc1. The summed E-state index contributed by atoms with van der Waals surface area (Å²) in [5.41, 5.74) is 0.295. The largest absolute Gasteiger partial charge is 0.573 e. The van der Waals surface area contributed by atoms with Gasteiger partial charge in [-0.05, 0) is 36.4 Å². The van der Waals surface area contributed by atoms with Gasteiger partial charge in [0.15, 0.2) is 0 Å². The maximum Gasteiger partial charge on any atom is 0.573 e. The number of halogens is 5. The number of hydrogen-bond acceptors (Lipinski definition) is 4. The Balaban J connectivity index is 1.85. The van der Waals surface area contributed by atoms with Crippen LogP contribution in [0.25, 0.3) is 0 Å². The molecule has 0 aliphatic heterocycles. The summed E-state index contributed by atoms with van der Waals surface area (Å²) in [7, 11) is 0. The average molecular weight is 460 g/mol. The minimum absolute atomic E-state index is 0.00774. The number of pyridine rings is 1. The Kier molecular flexibility index (Phi) is 6.23. The molecule has 0 radical (unpaired) electrons. The standard InChI is InChI=1S/C19H11Cl2F3N2O4/c20-15-8-14(18(27)25-11-2-1-7-26(28)10-11)17(9-16(15)21)29-12-3-5-13(6-4-12)30-19(22,23)24/h1-10H,(H-,25,27,28)/p+1. The van der Waals surface area contributed by atoms with Gasteiger partial charge in [-0.3, -0.25) is 10.0 Å². The molecule has 0 atom stereocenters. The topological polar surface area (TPSA) is 71.7 Å². The number of amides is 1. The molecule has 1 amide bonds. The van der Waals surface area contributed by atoms with Gasteiger partial charge in [0, 0.05) is 16.9 Å². The molecule has 1 heterocycles. The molecule has 0 saturated heterocycles. The first-order valence-electron chi connectivity index (χ1n) is 8.15. The fourth-order valence-corrected chi connectivity index (χ4v) is 2.68. The molecule has 2 aromatic carbocycles.